The van der Waals surface area contributed by atoms with Gasteiger partial charge in [-0.15, -0.1) is 0 Å². The van der Waals surface area contributed by atoms with Crippen LogP contribution in [0.3, 0.4) is 0 Å². The number of nitrogens with one attached hydrogen (secondary N) is 1. The zero-order chi connectivity index (χ0) is 11.8. The third kappa shape index (κ3) is 4.77. The van der Waals surface area contributed by atoms with Crippen LogP contribution in [0.5, 0.6) is 0 Å². The molecular formula is C12H23N3O. The number of hydrogen-bond acceptors (Lipinski definition) is 3. The number of ether oxygens (including phenoxy) is 1. The molecule has 0 aliphatic heterocycles. The molecule has 1 unspecified atom stereocenters. The molecule has 0 spiro atoms. The zero-order valence-corrected chi connectivity index (χ0v) is 10.6. The quantitative estimate of drug-likeness (QED) is 0.726. The van der Waals surface area contributed by atoms with Crippen LogP contribution in [0.15, 0.2) is 12.4 Å². The molecule has 1 N–H and O–H groups in total. The van der Waals surface area contributed by atoms with Gasteiger partial charge in [0, 0.05) is 33.0 Å². The molecule has 1 atom stereocenters. The van der Waals surface area contributed by atoms with Crippen LogP contribution in [-0.2, 0) is 18.2 Å². The number of methoxy groups -OCH3 is 1. The maximum atomic E-state index is 5.13. The molecule has 0 aromatic carbocycles. The zero-order valence-electron chi connectivity index (χ0n) is 10.6. The first-order valence-electron chi connectivity index (χ1n) is 5.96. The topological polar surface area (TPSA) is 39.1 Å². The van der Waals surface area contributed by atoms with Gasteiger partial charge < -0.3 is 10.1 Å². The molecule has 16 heavy (non-hydrogen) atoms. The molecule has 0 bridgehead atoms. The first kappa shape index (κ1) is 13.2. The molecule has 1 rings (SSSR count). The molecule has 0 aliphatic carbocycles. The highest BCUT2D eigenvalue weighted by atomic mass is 16.5. The minimum Gasteiger partial charge on any atom is -0.385 e. The van der Waals surface area contributed by atoms with Gasteiger partial charge in [0.1, 0.15) is 0 Å². The Labute approximate surface area is 98.0 Å². The Morgan fingerprint density at radius 1 is 1.56 bits per heavy atom. The monoisotopic (exact) mass is 225 g/mol. The van der Waals surface area contributed by atoms with Crippen LogP contribution in [0.4, 0.5) is 0 Å². The molecule has 0 saturated carbocycles. The molecule has 0 amide bonds. The van der Waals surface area contributed by atoms with E-state index in [2.05, 4.69) is 23.5 Å². The second kappa shape index (κ2) is 7.41. The lowest BCUT2D eigenvalue weighted by Gasteiger charge is -2.17. The van der Waals surface area contributed by atoms with Crippen molar-refractivity contribution in [3.05, 3.63) is 18.0 Å². The molecule has 0 fully saturated rings. The summed E-state index contributed by atoms with van der Waals surface area (Å²) in [4.78, 5) is 0. The number of nitrogens with zero attached hydrogens (tertiary/aromatic N) is 2. The summed E-state index contributed by atoms with van der Waals surface area (Å²) in [5.41, 5.74) is 1.28. The Bertz CT molecular complexity index is 278. The van der Waals surface area contributed by atoms with Crippen molar-refractivity contribution in [3.8, 4) is 0 Å². The summed E-state index contributed by atoms with van der Waals surface area (Å²) in [5, 5.41) is 7.73. The highest BCUT2D eigenvalue weighted by Crippen LogP contribution is 2.05. The van der Waals surface area contributed by atoms with Crippen LogP contribution >= 0.6 is 0 Å². The van der Waals surface area contributed by atoms with E-state index >= 15 is 0 Å². The third-order valence-electron chi connectivity index (χ3n) is 2.59. The highest BCUT2D eigenvalue weighted by molar-refractivity contribution is 5.05. The van der Waals surface area contributed by atoms with Gasteiger partial charge in [-0.1, -0.05) is 6.92 Å². The van der Waals surface area contributed by atoms with E-state index < -0.39 is 0 Å². The van der Waals surface area contributed by atoms with E-state index in [1.807, 2.05) is 17.9 Å². The van der Waals surface area contributed by atoms with Crippen molar-refractivity contribution in [2.24, 2.45) is 7.05 Å². The van der Waals surface area contributed by atoms with Crippen LogP contribution < -0.4 is 5.32 Å². The minimum atomic E-state index is 0.490. The van der Waals surface area contributed by atoms with Crippen molar-refractivity contribution in [2.45, 2.75) is 32.2 Å². The average molecular weight is 225 g/mol. The van der Waals surface area contributed by atoms with Gasteiger partial charge in [0.15, 0.2) is 0 Å². The van der Waals surface area contributed by atoms with Crippen LogP contribution in [0.1, 0.15) is 25.3 Å². The fraction of sp³-hybridized carbons (Fsp3) is 0.750. The van der Waals surface area contributed by atoms with Gasteiger partial charge in [-0.3, -0.25) is 4.68 Å². The second-order valence-corrected chi connectivity index (χ2v) is 4.16. The summed E-state index contributed by atoms with van der Waals surface area (Å²) in [6.45, 7) is 4.06. The van der Waals surface area contributed by atoms with Crippen molar-refractivity contribution in [2.75, 3.05) is 20.3 Å². The Morgan fingerprint density at radius 3 is 2.94 bits per heavy atom. The molecular weight excluding hydrogens is 202 g/mol. The summed E-state index contributed by atoms with van der Waals surface area (Å²) >= 11 is 0. The predicted octanol–water partition coefficient (Wildman–Crippen LogP) is 1.37. The van der Waals surface area contributed by atoms with Gasteiger partial charge in [-0.25, -0.2) is 0 Å². The van der Waals surface area contributed by atoms with Crippen molar-refractivity contribution >= 4 is 0 Å². The van der Waals surface area contributed by atoms with Crippen molar-refractivity contribution in [3.63, 3.8) is 0 Å². The lowest BCUT2D eigenvalue weighted by atomic mass is 10.1. The lowest BCUT2D eigenvalue weighted by molar-refractivity contribution is 0.182. The molecule has 0 radical (unpaired) electrons. The van der Waals surface area contributed by atoms with Gasteiger partial charge in [0.05, 0.1) is 6.20 Å². The van der Waals surface area contributed by atoms with Gasteiger partial charge in [0.2, 0.25) is 0 Å². The number of rotatable bonds is 8. The van der Waals surface area contributed by atoms with Crippen LogP contribution in [-0.4, -0.2) is 36.1 Å². The van der Waals surface area contributed by atoms with E-state index in [4.69, 9.17) is 4.74 Å². The van der Waals surface area contributed by atoms with Gasteiger partial charge >= 0.3 is 0 Å². The van der Waals surface area contributed by atoms with E-state index in [0.29, 0.717) is 6.04 Å². The molecule has 1 aromatic heterocycles. The Balaban J connectivity index is 2.41. The smallest absolute Gasteiger partial charge is 0.0522 e. The predicted molar refractivity (Wildman–Crippen MR) is 65.5 cm³/mol. The lowest BCUT2D eigenvalue weighted by Crippen LogP contribution is -2.32. The maximum absolute atomic E-state index is 5.13. The Hall–Kier alpha value is -0.870. The van der Waals surface area contributed by atoms with Crippen LogP contribution in [0.2, 0.25) is 0 Å². The maximum Gasteiger partial charge on any atom is 0.0522 e. The summed E-state index contributed by atoms with van der Waals surface area (Å²) in [6, 6.07) is 0.490. The number of hydrogen-bond donors (Lipinski definition) is 1. The first-order valence-corrected chi connectivity index (χ1v) is 5.96. The molecule has 0 saturated heterocycles. The van der Waals surface area contributed by atoms with E-state index in [-0.39, 0.29) is 0 Å². The SMILES string of the molecule is CCCNC(CCOC)Cc1cnn(C)c1. The van der Waals surface area contributed by atoms with Crippen molar-refractivity contribution < 1.29 is 4.74 Å². The molecule has 0 aliphatic rings. The second-order valence-electron chi connectivity index (χ2n) is 4.16. The largest absolute Gasteiger partial charge is 0.385 e. The van der Waals surface area contributed by atoms with Crippen molar-refractivity contribution in [1.82, 2.24) is 15.1 Å². The van der Waals surface area contributed by atoms with Crippen LogP contribution in [0.25, 0.3) is 0 Å². The summed E-state index contributed by atoms with van der Waals surface area (Å²) in [5.74, 6) is 0. The summed E-state index contributed by atoms with van der Waals surface area (Å²) < 4.78 is 6.98. The first-order chi connectivity index (χ1) is 7.76. The highest BCUT2D eigenvalue weighted by Gasteiger charge is 2.09. The minimum absolute atomic E-state index is 0.490. The van der Waals surface area contributed by atoms with Crippen molar-refractivity contribution in [1.29, 1.82) is 0 Å². The Morgan fingerprint density at radius 2 is 2.38 bits per heavy atom. The summed E-state index contributed by atoms with van der Waals surface area (Å²) in [6.07, 6.45) is 7.25. The number of aryl methyl sites for hydroxylation is 1. The van der Waals surface area contributed by atoms with E-state index in [1.165, 1.54) is 5.56 Å². The van der Waals surface area contributed by atoms with E-state index in [0.717, 1.165) is 32.4 Å². The van der Waals surface area contributed by atoms with Gasteiger partial charge in [-0.05, 0) is 31.4 Å². The number of aromatic nitrogens is 2. The van der Waals surface area contributed by atoms with Crippen LogP contribution in [0, 0.1) is 0 Å². The van der Waals surface area contributed by atoms with E-state index in [1.54, 1.807) is 7.11 Å². The average Bonchev–Trinajstić information content (AvgIpc) is 2.68. The molecule has 4 heteroatoms. The molecule has 4 nitrogen and oxygen atoms in total. The fourth-order valence-corrected chi connectivity index (χ4v) is 1.75. The molecule has 1 aromatic rings. The molecule has 1 heterocycles. The Kier molecular flexibility index (Phi) is 6.11. The normalized spacial score (nSPS) is 12.9. The third-order valence-corrected chi connectivity index (χ3v) is 2.59. The van der Waals surface area contributed by atoms with Gasteiger partial charge in [0.25, 0.3) is 0 Å². The van der Waals surface area contributed by atoms with Gasteiger partial charge in [-0.2, -0.15) is 5.10 Å². The molecule has 92 valence electrons. The standard InChI is InChI=1S/C12H23N3O/c1-4-6-13-12(5-7-16-3)8-11-9-14-15(2)10-11/h9-10,12-13H,4-8H2,1-3H3. The summed E-state index contributed by atoms with van der Waals surface area (Å²) in [7, 11) is 3.70. The fourth-order valence-electron chi connectivity index (χ4n) is 1.75. The van der Waals surface area contributed by atoms with E-state index in [9.17, 15) is 0 Å².